The highest BCUT2D eigenvalue weighted by molar-refractivity contribution is 7.10. The largest absolute Gasteiger partial charge is 0.366 e. The van der Waals surface area contributed by atoms with Crippen LogP contribution in [0.25, 0.3) is 0 Å². The van der Waals surface area contributed by atoms with Crippen molar-refractivity contribution in [1.82, 2.24) is 0 Å². The van der Waals surface area contributed by atoms with E-state index in [2.05, 4.69) is 37.1 Å². The van der Waals surface area contributed by atoms with Crippen LogP contribution in [0.3, 0.4) is 0 Å². The molecule has 0 unspecified atom stereocenters. The van der Waals surface area contributed by atoms with Gasteiger partial charge in [-0.1, -0.05) is 0 Å². The molecule has 0 N–H and O–H groups in total. The fourth-order valence-corrected chi connectivity index (χ4v) is 3.06. The molecule has 0 aromatic carbocycles. The van der Waals surface area contributed by atoms with E-state index in [0.717, 1.165) is 0 Å². The van der Waals surface area contributed by atoms with Gasteiger partial charge in [-0.3, -0.25) is 0 Å². The van der Waals surface area contributed by atoms with Crippen molar-refractivity contribution in [2.45, 2.75) is 45.6 Å². The first kappa shape index (κ1) is 10.0. The molecule has 0 bridgehead atoms. The van der Waals surface area contributed by atoms with Gasteiger partial charge in [0.25, 0.3) is 0 Å². The Morgan fingerprint density at radius 2 is 2.07 bits per heavy atom. The van der Waals surface area contributed by atoms with Gasteiger partial charge >= 0.3 is 0 Å². The van der Waals surface area contributed by atoms with E-state index in [9.17, 15) is 0 Å². The number of fused-ring (bicyclic) bond motifs is 1. The molecule has 2 heterocycles. The van der Waals surface area contributed by atoms with Crippen molar-refractivity contribution in [2.75, 3.05) is 11.4 Å². The van der Waals surface area contributed by atoms with Crippen LogP contribution >= 0.6 is 11.3 Å². The quantitative estimate of drug-likeness (QED) is 0.630. The van der Waals surface area contributed by atoms with Gasteiger partial charge in [-0.2, -0.15) is 0 Å². The molecule has 14 heavy (non-hydrogen) atoms. The van der Waals surface area contributed by atoms with Crippen molar-refractivity contribution in [3.8, 4) is 0 Å². The third-order valence-corrected chi connectivity index (χ3v) is 3.83. The molecule has 0 saturated heterocycles. The van der Waals surface area contributed by atoms with Crippen molar-refractivity contribution < 1.29 is 0 Å². The zero-order valence-electron chi connectivity index (χ0n) is 9.34. The molecule has 0 aliphatic carbocycles. The molecule has 0 atom stereocenters. The number of thiophene rings is 1. The lowest BCUT2D eigenvalue weighted by Gasteiger charge is -2.37. The van der Waals surface area contributed by atoms with Crippen LogP contribution in [0.4, 0.5) is 5.69 Å². The van der Waals surface area contributed by atoms with E-state index >= 15 is 0 Å². The smallest absolute Gasteiger partial charge is 0.0511 e. The number of rotatable bonds is 0. The molecule has 0 radical (unpaired) electrons. The van der Waals surface area contributed by atoms with Crippen LogP contribution in [-0.2, 0) is 6.42 Å². The van der Waals surface area contributed by atoms with Crippen LogP contribution in [-0.4, -0.2) is 12.1 Å². The Balaban J connectivity index is 2.35. The van der Waals surface area contributed by atoms with Crippen molar-refractivity contribution in [3.05, 3.63) is 16.3 Å². The summed E-state index contributed by atoms with van der Waals surface area (Å²) < 4.78 is 0. The highest BCUT2D eigenvalue weighted by Crippen LogP contribution is 2.34. The second-order valence-electron chi connectivity index (χ2n) is 5.01. The monoisotopic (exact) mass is 209 g/mol. The summed E-state index contributed by atoms with van der Waals surface area (Å²) in [6.45, 7) is 8.13. The topological polar surface area (TPSA) is 3.24 Å². The Hall–Kier alpha value is -0.500. The summed E-state index contributed by atoms with van der Waals surface area (Å²) in [5.41, 5.74) is 1.75. The van der Waals surface area contributed by atoms with Crippen molar-refractivity contribution >= 4 is 17.0 Å². The highest BCUT2D eigenvalue weighted by atomic mass is 32.1. The molecule has 1 nitrogen and oxygen atoms in total. The molecule has 2 heteroatoms. The lowest BCUT2D eigenvalue weighted by atomic mass is 10.1. The normalized spacial score (nSPS) is 17.8. The SMILES string of the molecule is CC(C)(C)N1CCCCc2sccc21. The van der Waals surface area contributed by atoms with E-state index in [-0.39, 0.29) is 5.54 Å². The summed E-state index contributed by atoms with van der Waals surface area (Å²) in [5.74, 6) is 0. The number of nitrogens with zero attached hydrogens (tertiary/aromatic N) is 1. The van der Waals surface area contributed by atoms with Gasteiger partial charge in [0.05, 0.1) is 5.69 Å². The maximum atomic E-state index is 2.56. The molecular weight excluding hydrogens is 190 g/mol. The lowest BCUT2D eigenvalue weighted by molar-refractivity contribution is 0.499. The Morgan fingerprint density at radius 1 is 1.29 bits per heavy atom. The maximum Gasteiger partial charge on any atom is 0.0511 e. The summed E-state index contributed by atoms with van der Waals surface area (Å²) in [7, 11) is 0. The van der Waals surface area contributed by atoms with E-state index in [1.807, 2.05) is 11.3 Å². The Bertz CT molecular complexity index is 308. The zero-order chi connectivity index (χ0) is 10.2. The molecule has 1 aromatic heterocycles. The molecule has 0 fully saturated rings. The first-order chi connectivity index (χ1) is 6.59. The van der Waals surface area contributed by atoms with Gasteiger partial charge in [0.2, 0.25) is 0 Å². The van der Waals surface area contributed by atoms with Crippen LogP contribution in [0.15, 0.2) is 11.4 Å². The molecule has 1 aliphatic heterocycles. The van der Waals surface area contributed by atoms with E-state index < -0.39 is 0 Å². The number of hydrogen-bond acceptors (Lipinski definition) is 2. The van der Waals surface area contributed by atoms with Crippen LogP contribution in [0, 0.1) is 0 Å². The zero-order valence-corrected chi connectivity index (χ0v) is 10.2. The molecule has 2 rings (SSSR count). The van der Waals surface area contributed by atoms with Crippen LogP contribution in [0.2, 0.25) is 0 Å². The van der Waals surface area contributed by atoms with Crippen molar-refractivity contribution in [1.29, 1.82) is 0 Å². The molecule has 0 spiro atoms. The van der Waals surface area contributed by atoms with E-state index in [0.29, 0.717) is 0 Å². The summed E-state index contributed by atoms with van der Waals surface area (Å²) in [6, 6.07) is 2.29. The van der Waals surface area contributed by atoms with Gasteiger partial charge in [-0.25, -0.2) is 0 Å². The highest BCUT2D eigenvalue weighted by Gasteiger charge is 2.25. The van der Waals surface area contributed by atoms with Crippen molar-refractivity contribution in [3.63, 3.8) is 0 Å². The predicted octanol–water partition coefficient (Wildman–Crippen LogP) is 3.69. The molecule has 78 valence electrons. The average molecular weight is 209 g/mol. The Labute approximate surface area is 90.7 Å². The fourth-order valence-electron chi connectivity index (χ4n) is 2.13. The minimum Gasteiger partial charge on any atom is -0.366 e. The van der Waals surface area contributed by atoms with Crippen molar-refractivity contribution in [2.24, 2.45) is 0 Å². The third-order valence-electron chi connectivity index (χ3n) is 2.86. The number of hydrogen-bond donors (Lipinski definition) is 0. The predicted molar refractivity (Wildman–Crippen MR) is 64.4 cm³/mol. The minimum atomic E-state index is 0.264. The molecule has 0 amide bonds. The van der Waals surface area contributed by atoms with Gasteiger partial charge in [-0.05, 0) is 51.5 Å². The Morgan fingerprint density at radius 3 is 2.79 bits per heavy atom. The van der Waals surface area contributed by atoms with Gasteiger partial charge in [-0.15, -0.1) is 11.3 Å². The van der Waals surface area contributed by atoms with Crippen LogP contribution in [0.5, 0.6) is 0 Å². The van der Waals surface area contributed by atoms with E-state index in [1.54, 1.807) is 4.88 Å². The lowest BCUT2D eigenvalue weighted by Crippen LogP contribution is -2.41. The standard InChI is InChI=1S/C12H19NS/c1-12(2,3)13-8-5-4-6-11-10(13)7-9-14-11/h7,9H,4-6,8H2,1-3H3. The molecule has 0 saturated carbocycles. The van der Waals surface area contributed by atoms with Gasteiger partial charge in [0.15, 0.2) is 0 Å². The minimum absolute atomic E-state index is 0.264. The number of aryl methyl sites for hydroxylation is 1. The Kier molecular flexibility index (Phi) is 2.56. The second-order valence-corrected chi connectivity index (χ2v) is 6.01. The summed E-state index contributed by atoms with van der Waals surface area (Å²) in [4.78, 5) is 4.14. The van der Waals surface area contributed by atoms with E-state index in [4.69, 9.17) is 0 Å². The summed E-state index contributed by atoms with van der Waals surface area (Å²) in [6.07, 6.45) is 3.96. The third kappa shape index (κ3) is 1.81. The summed E-state index contributed by atoms with van der Waals surface area (Å²) >= 11 is 1.92. The van der Waals surface area contributed by atoms with Gasteiger partial charge < -0.3 is 4.90 Å². The second kappa shape index (κ2) is 3.58. The van der Waals surface area contributed by atoms with Gasteiger partial charge in [0.1, 0.15) is 0 Å². The van der Waals surface area contributed by atoms with Crippen LogP contribution < -0.4 is 4.90 Å². The van der Waals surface area contributed by atoms with Crippen LogP contribution in [0.1, 0.15) is 38.5 Å². The van der Waals surface area contributed by atoms with E-state index in [1.165, 1.54) is 31.5 Å². The fraction of sp³-hybridized carbons (Fsp3) is 0.667. The average Bonchev–Trinajstić information content (AvgIpc) is 2.42. The molecule has 1 aliphatic rings. The van der Waals surface area contributed by atoms with Gasteiger partial charge in [0, 0.05) is 17.0 Å². The molecular formula is C12H19NS. The first-order valence-electron chi connectivity index (χ1n) is 5.43. The number of anilines is 1. The first-order valence-corrected chi connectivity index (χ1v) is 6.31. The maximum absolute atomic E-state index is 2.56. The summed E-state index contributed by atoms with van der Waals surface area (Å²) in [5, 5.41) is 2.23. The molecule has 1 aromatic rings.